The molecule has 9 aromatic rings. The zero-order chi connectivity index (χ0) is 39.6. The summed E-state index contributed by atoms with van der Waals surface area (Å²) in [4.78, 5) is 0. The minimum absolute atomic E-state index is 0.0662. The first kappa shape index (κ1) is 18.1. The van der Waals surface area contributed by atoms with Crippen molar-refractivity contribution in [1.29, 1.82) is 0 Å². The van der Waals surface area contributed by atoms with Crippen molar-refractivity contribution in [2.24, 2.45) is 0 Å². The van der Waals surface area contributed by atoms with E-state index in [1.54, 1.807) is 12.1 Å². The Kier molecular flexibility index (Phi) is 3.91. The number of benzene rings is 9. The van der Waals surface area contributed by atoms with Gasteiger partial charge in [0.25, 0.3) is 0 Å². The third-order valence-electron chi connectivity index (χ3n) is 9.23. The number of fused-ring (bicyclic) bond motifs is 6. The highest BCUT2D eigenvalue weighted by Gasteiger charge is 2.24. The standard InChI is InChI=1S/C46H28O/c1-3-13-29(14-4-1)31-20-11-21-34-32(31)25-26-40-43(30-15-5-2-6-16-30)36-18-7-8-19-38(36)45(46(34)40)39-27-28-42-44-35(22-12-23-37(39)44)33-17-9-10-24-41(33)47-42/h1-28H/i1D,2D,3D,4D,5D,6D,13D,14D,15D,16D. The molecule has 0 atom stereocenters. The average Bonchev–Trinajstić information content (AvgIpc) is 3.24. The van der Waals surface area contributed by atoms with Gasteiger partial charge in [-0.05, 0) is 94.8 Å². The van der Waals surface area contributed by atoms with Crippen LogP contribution >= 0.6 is 0 Å². The molecular formula is C46H28O. The monoisotopic (exact) mass is 606 g/mol. The first-order valence-electron chi connectivity index (χ1n) is 20.4. The van der Waals surface area contributed by atoms with E-state index in [2.05, 4.69) is 12.1 Å². The largest absolute Gasteiger partial charge is 0.456 e. The molecule has 0 fully saturated rings. The Morgan fingerprint density at radius 2 is 0.957 bits per heavy atom. The summed E-state index contributed by atoms with van der Waals surface area (Å²) in [7, 11) is 0. The maximum atomic E-state index is 9.12. The second-order valence-corrected chi connectivity index (χ2v) is 11.6. The van der Waals surface area contributed by atoms with Crippen molar-refractivity contribution in [2.45, 2.75) is 0 Å². The topological polar surface area (TPSA) is 9.23 Å². The summed E-state index contributed by atoms with van der Waals surface area (Å²) in [6.07, 6.45) is 0. The van der Waals surface area contributed by atoms with Crippen LogP contribution in [0.4, 0.5) is 0 Å². The van der Waals surface area contributed by atoms with Crippen LogP contribution in [0.3, 0.4) is 0 Å². The van der Waals surface area contributed by atoms with E-state index in [9.17, 15) is 0 Å². The Morgan fingerprint density at radius 3 is 1.77 bits per heavy atom. The smallest absolute Gasteiger partial charge is 0.135 e. The van der Waals surface area contributed by atoms with Crippen LogP contribution in [0.25, 0.3) is 87.6 Å². The summed E-state index contributed by atoms with van der Waals surface area (Å²) in [6.45, 7) is 0. The first-order valence-corrected chi connectivity index (χ1v) is 15.4. The molecule has 47 heavy (non-hydrogen) atoms. The van der Waals surface area contributed by atoms with Crippen molar-refractivity contribution in [2.75, 3.05) is 0 Å². The molecule has 218 valence electrons. The predicted octanol–water partition coefficient (Wildman–Crippen LogP) is 13.1. The molecule has 0 bridgehead atoms. The Morgan fingerprint density at radius 1 is 0.340 bits per heavy atom. The molecule has 0 N–H and O–H groups in total. The summed E-state index contributed by atoms with van der Waals surface area (Å²) >= 11 is 0. The van der Waals surface area contributed by atoms with Gasteiger partial charge in [-0.25, -0.2) is 0 Å². The van der Waals surface area contributed by atoms with E-state index in [0.717, 1.165) is 44.2 Å². The summed E-state index contributed by atoms with van der Waals surface area (Å²) in [5, 5.41) is 5.93. The van der Waals surface area contributed by atoms with Crippen molar-refractivity contribution in [3.63, 3.8) is 0 Å². The van der Waals surface area contributed by atoms with Crippen LogP contribution in [0.1, 0.15) is 13.7 Å². The van der Waals surface area contributed by atoms with Crippen LogP contribution in [-0.2, 0) is 0 Å². The molecule has 0 saturated carbocycles. The lowest BCUT2D eigenvalue weighted by molar-refractivity contribution is 0.487. The van der Waals surface area contributed by atoms with Crippen LogP contribution in [-0.4, -0.2) is 0 Å². The molecule has 10 rings (SSSR count). The lowest BCUT2D eigenvalue weighted by Crippen LogP contribution is -1.98. The zero-order valence-corrected chi connectivity index (χ0v) is 24.8. The van der Waals surface area contributed by atoms with Crippen LogP contribution in [0.2, 0.25) is 0 Å². The predicted molar refractivity (Wildman–Crippen MR) is 198 cm³/mol. The molecule has 1 heterocycles. The SMILES string of the molecule is [2H]c1c([2H])c([2H])c(-c2cccc3c2ccc2c(-c4c([2H])c([2H])c([2H])c([2H])c4[2H])c4ccccc4c(-c4ccc5c6c(cccc46)-c4ccccc4O5)c23)c([2H])c1[2H]. The van der Waals surface area contributed by atoms with E-state index in [0.29, 0.717) is 43.8 Å². The molecule has 0 aromatic heterocycles. The maximum Gasteiger partial charge on any atom is 0.135 e. The average molecular weight is 607 g/mol. The Balaban J connectivity index is 1.43. The number of para-hydroxylation sites is 1. The van der Waals surface area contributed by atoms with Crippen molar-refractivity contribution in [3.05, 3.63) is 170 Å². The summed E-state index contributed by atoms with van der Waals surface area (Å²) in [5.74, 6) is 1.47. The fourth-order valence-corrected chi connectivity index (χ4v) is 7.36. The zero-order valence-electron chi connectivity index (χ0n) is 34.8. The molecule has 1 heteroatoms. The van der Waals surface area contributed by atoms with Crippen LogP contribution in [0, 0.1) is 0 Å². The van der Waals surface area contributed by atoms with Crippen molar-refractivity contribution < 1.29 is 18.4 Å². The van der Waals surface area contributed by atoms with Crippen LogP contribution < -0.4 is 4.74 Å². The van der Waals surface area contributed by atoms with Gasteiger partial charge in [-0.1, -0.05) is 151 Å². The van der Waals surface area contributed by atoms with Crippen LogP contribution in [0.15, 0.2) is 170 Å². The third-order valence-corrected chi connectivity index (χ3v) is 9.23. The fourth-order valence-electron chi connectivity index (χ4n) is 7.36. The van der Waals surface area contributed by atoms with Gasteiger partial charge in [-0.2, -0.15) is 0 Å². The Bertz CT molecular complexity index is 3220. The van der Waals surface area contributed by atoms with Gasteiger partial charge in [0.05, 0.1) is 13.7 Å². The van der Waals surface area contributed by atoms with Gasteiger partial charge in [0.2, 0.25) is 0 Å². The van der Waals surface area contributed by atoms with Gasteiger partial charge >= 0.3 is 0 Å². The van der Waals surface area contributed by atoms with Gasteiger partial charge in [0.1, 0.15) is 11.5 Å². The highest BCUT2D eigenvalue weighted by molar-refractivity contribution is 6.30. The van der Waals surface area contributed by atoms with Gasteiger partial charge in [-0.3, -0.25) is 0 Å². The Hall–Kier alpha value is -6.18. The quantitative estimate of drug-likeness (QED) is 0.144. The van der Waals surface area contributed by atoms with Gasteiger partial charge < -0.3 is 4.74 Å². The van der Waals surface area contributed by atoms with E-state index in [4.69, 9.17) is 18.4 Å². The number of hydrogen-bond donors (Lipinski definition) is 0. The van der Waals surface area contributed by atoms with Crippen molar-refractivity contribution in [3.8, 4) is 56.0 Å². The highest BCUT2D eigenvalue weighted by atomic mass is 16.5. The molecule has 0 unspecified atom stereocenters. The van der Waals surface area contributed by atoms with E-state index in [1.165, 1.54) is 0 Å². The summed E-state index contributed by atoms with van der Waals surface area (Å²) in [6, 6.07) is 30.8. The van der Waals surface area contributed by atoms with Gasteiger partial charge in [-0.15, -0.1) is 0 Å². The molecule has 1 aliphatic heterocycles. The summed E-state index contributed by atoms with van der Waals surface area (Å²) < 4.78 is 93.2. The lowest BCUT2D eigenvalue weighted by Gasteiger charge is -2.24. The van der Waals surface area contributed by atoms with E-state index < -0.39 is 36.3 Å². The second kappa shape index (κ2) is 10.2. The normalized spacial score (nSPS) is 15.0. The molecule has 0 radical (unpaired) electrons. The van der Waals surface area contributed by atoms with Crippen molar-refractivity contribution in [1.82, 2.24) is 0 Å². The Labute approximate surface area is 287 Å². The molecule has 0 aliphatic carbocycles. The maximum absolute atomic E-state index is 9.12. The van der Waals surface area contributed by atoms with Gasteiger partial charge in [0, 0.05) is 10.9 Å². The molecule has 0 saturated heterocycles. The van der Waals surface area contributed by atoms with Crippen LogP contribution in [0.5, 0.6) is 11.5 Å². The highest BCUT2D eigenvalue weighted by Crippen LogP contribution is 2.52. The van der Waals surface area contributed by atoms with E-state index in [-0.39, 0.29) is 35.3 Å². The molecule has 1 nitrogen and oxygen atoms in total. The van der Waals surface area contributed by atoms with E-state index >= 15 is 0 Å². The molecule has 1 aliphatic rings. The molecule has 0 spiro atoms. The van der Waals surface area contributed by atoms with Crippen molar-refractivity contribution >= 4 is 43.1 Å². The van der Waals surface area contributed by atoms with E-state index in [1.807, 2.05) is 84.9 Å². The molecule has 9 aromatic carbocycles. The minimum Gasteiger partial charge on any atom is -0.456 e. The molecule has 0 amide bonds. The number of ether oxygens (including phenoxy) is 1. The second-order valence-electron chi connectivity index (χ2n) is 11.6. The molecular weight excluding hydrogens is 569 g/mol. The number of hydrogen-bond acceptors (Lipinski definition) is 1. The minimum atomic E-state index is -0.486. The first-order chi connectivity index (χ1) is 27.5. The number of rotatable bonds is 3. The summed E-state index contributed by atoms with van der Waals surface area (Å²) in [5.41, 5.74) is 4.72. The fraction of sp³-hybridized carbons (Fsp3) is 0. The third kappa shape index (κ3) is 3.84. The lowest BCUT2D eigenvalue weighted by atomic mass is 9.81. The van der Waals surface area contributed by atoms with Gasteiger partial charge in [0.15, 0.2) is 0 Å².